The van der Waals surface area contributed by atoms with Crippen molar-refractivity contribution >= 4 is 22.0 Å². The molecular formula is C17H24N2O5S. The van der Waals surface area contributed by atoms with Gasteiger partial charge in [0, 0.05) is 25.4 Å². The van der Waals surface area contributed by atoms with Gasteiger partial charge >= 0.3 is 6.09 Å². The van der Waals surface area contributed by atoms with Gasteiger partial charge in [-0.1, -0.05) is 30.3 Å². The number of nitrogens with one attached hydrogen (secondary N) is 1. The second kappa shape index (κ2) is 7.43. The lowest BCUT2D eigenvalue weighted by atomic mass is 9.97. The molecule has 0 radical (unpaired) electrons. The first-order valence-corrected chi connectivity index (χ1v) is 9.74. The van der Waals surface area contributed by atoms with Gasteiger partial charge in [0.25, 0.3) is 0 Å². The summed E-state index contributed by atoms with van der Waals surface area (Å²) in [4.78, 5) is 25.2. The highest BCUT2D eigenvalue weighted by Gasteiger charge is 2.35. The second-order valence-corrected chi connectivity index (χ2v) is 8.95. The number of carbonyl (C=O) groups is 2. The predicted molar refractivity (Wildman–Crippen MR) is 93.1 cm³/mol. The van der Waals surface area contributed by atoms with Crippen LogP contribution in [0.5, 0.6) is 0 Å². The first-order chi connectivity index (χ1) is 11.5. The zero-order valence-corrected chi connectivity index (χ0v) is 15.5. The van der Waals surface area contributed by atoms with E-state index < -0.39 is 27.6 Å². The summed E-state index contributed by atoms with van der Waals surface area (Å²) in [7, 11) is -3.72. The number of hydrogen-bond acceptors (Lipinski definition) is 5. The van der Waals surface area contributed by atoms with Gasteiger partial charge < -0.3 is 9.64 Å². The van der Waals surface area contributed by atoms with E-state index in [0.29, 0.717) is 18.7 Å². The number of likely N-dealkylation sites (tertiary alicyclic amines) is 1. The normalized spacial score (nSPS) is 15.4. The van der Waals surface area contributed by atoms with Crippen molar-refractivity contribution in [3.8, 4) is 0 Å². The van der Waals surface area contributed by atoms with Crippen molar-refractivity contribution < 1.29 is 22.7 Å². The Kier molecular flexibility index (Phi) is 5.72. The Morgan fingerprint density at radius 3 is 2.36 bits per heavy atom. The van der Waals surface area contributed by atoms with E-state index in [-0.39, 0.29) is 18.1 Å². The topological polar surface area (TPSA) is 92.8 Å². The third-order valence-electron chi connectivity index (χ3n) is 3.55. The van der Waals surface area contributed by atoms with Gasteiger partial charge in [-0.3, -0.25) is 9.52 Å². The molecule has 1 fully saturated rings. The number of carbonyl (C=O) groups excluding carboxylic acids is 2. The maximum atomic E-state index is 12.0. The molecule has 0 bridgehead atoms. The average Bonchev–Trinajstić information content (AvgIpc) is 2.40. The molecule has 8 heteroatoms. The molecule has 1 aliphatic heterocycles. The Bertz CT molecular complexity index is 719. The van der Waals surface area contributed by atoms with Gasteiger partial charge in [0.1, 0.15) is 5.60 Å². The van der Waals surface area contributed by atoms with Gasteiger partial charge in [-0.05, 0) is 26.3 Å². The van der Waals surface area contributed by atoms with E-state index in [1.165, 1.54) is 4.90 Å². The fourth-order valence-corrected chi connectivity index (χ4v) is 3.62. The van der Waals surface area contributed by atoms with Crippen LogP contribution >= 0.6 is 0 Å². The van der Waals surface area contributed by atoms with Crippen LogP contribution in [0.4, 0.5) is 4.79 Å². The molecule has 0 spiro atoms. The molecular weight excluding hydrogens is 344 g/mol. The summed E-state index contributed by atoms with van der Waals surface area (Å²) in [5.74, 6) is -0.849. The van der Waals surface area contributed by atoms with Crippen molar-refractivity contribution in [3.05, 3.63) is 35.9 Å². The standard InChI is InChI=1S/C17H24N2O5S/c1-17(2,3)24-16(21)19-10-14(11-19)9-15(20)18-25(22,23)12-13-7-5-4-6-8-13/h4-8,14H,9-12H2,1-3H3,(H,18,20). The molecule has 0 aromatic heterocycles. The van der Waals surface area contributed by atoms with E-state index in [4.69, 9.17) is 4.74 Å². The van der Waals surface area contributed by atoms with Crippen LogP contribution in [0.3, 0.4) is 0 Å². The molecule has 138 valence electrons. The highest BCUT2D eigenvalue weighted by molar-refractivity contribution is 7.89. The van der Waals surface area contributed by atoms with Crippen LogP contribution in [0, 0.1) is 5.92 Å². The maximum absolute atomic E-state index is 12.0. The maximum Gasteiger partial charge on any atom is 0.410 e. The van der Waals surface area contributed by atoms with E-state index in [1.54, 1.807) is 51.1 Å². The first kappa shape index (κ1) is 19.2. The highest BCUT2D eigenvalue weighted by Crippen LogP contribution is 2.22. The molecule has 0 aliphatic carbocycles. The molecule has 25 heavy (non-hydrogen) atoms. The molecule has 1 aromatic carbocycles. The summed E-state index contributed by atoms with van der Waals surface area (Å²) in [5.41, 5.74) is 0.0490. The third-order valence-corrected chi connectivity index (χ3v) is 4.80. The summed E-state index contributed by atoms with van der Waals surface area (Å²) in [6.45, 7) is 6.13. The van der Waals surface area contributed by atoms with Crippen molar-refractivity contribution in [1.82, 2.24) is 9.62 Å². The number of benzene rings is 1. The average molecular weight is 368 g/mol. The van der Waals surface area contributed by atoms with E-state index in [0.717, 1.165) is 0 Å². The first-order valence-electron chi connectivity index (χ1n) is 8.09. The van der Waals surface area contributed by atoms with Crippen molar-refractivity contribution in [1.29, 1.82) is 0 Å². The molecule has 1 heterocycles. The van der Waals surface area contributed by atoms with Crippen LogP contribution in [0.25, 0.3) is 0 Å². The van der Waals surface area contributed by atoms with E-state index in [1.807, 2.05) is 0 Å². The minimum atomic E-state index is -3.72. The Morgan fingerprint density at radius 1 is 1.20 bits per heavy atom. The smallest absolute Gasteiger partial charge is 0.410 e. The summed E-state index contributed by atoms with van der Waals surface area (Å²) in [5, 5.41) is 0. The van der Waals surface area contributed by atoms with Crippen LogP contribution in [0.1, 0.15) is 32.8 Å². The van der Waals surface area contributed by atoms with Crippen molar-refractivity contribution in [2.24, 2.45) is 5.92 Å². The van der Waals surface area contributed by atoms with Gasteiger partial charge in [-0.25, -0.2) is 13.2 Å². The SMILES string of the molecule is CC(C)(C)OC(=O)N1CC(CC(=O)NS(=O)(=O)Cc2ccccc2)C1. The van der Waals surface area contributed by atoms with Crippen LogP contribution in [0.15, 0.2) is 30.3 Å². The summed E-state index contributed by atoms with van der Waals surface area (Å²) < 4.78 is 31.3. The molecule has 2 amide bonds. The molecule has 2 rings (SSSR count). The van der Waals surface area contributed by atoms with Crippen molar-refractivity contribution in [2.75, 3.05) is 13.1 Å². The fraction of sp³-hybridized carbons (Fsp3) is 0.529. The van der Waals surface area contributed by atoms with Crippen LogP contribution < -0.4 is 4.72 Å². The number of hydrogen-bond donors (Lipinski definition) is 1. The summed E-state index contributed by atoms with van der Waals surface area (Å²) in [6, 6.07) is 8.66. The minimum Gasteiger partial charge on any atom is -0.444 e. The van der Waals surface area contributed by atoms with Crippen LogP contribution in [-0.2, 0) is 25.3 Å². The zero-order chi connectivity index (χ0) is 18.7. The Balaban J connectivity index is 1.76. The van der Waals surface area contributed by atoms with Gasteiger partial charge in [0.05, 0.1) is 5.75 Å². The lowest BCUT2D eigenvalue weighted by Gasteiger charge is -2.39. The van der Waals surface area contributed by atoms with Crippen LogP contribution in [-0.4, -0.2) is 44.0 Å². The molecule has 1 aromatic rings. The Morgan fingerprint density at radius 2 is 1.80 bits per heavy atom. The third kappa shape index (κ3) is 6.38. The highest BCUT2D eigenvalue weighted by atomic mass is 32.2. The molecule has 7 nitrogen and oxygen atoms in total. The Hall–Kier alpha value is -2.09. The number of rotatable bonds is 5. The predicted octanol–water partition coefficient (Wildman–Crippen LogP) is 1.89. The van der Waals surface area contributed by atoms with E-state index in [9.17, 15) is 18.0 Å². The van der Waals surface area contributed by atoms with Crippen LogP contribution in [0.2, 0.25) is 0 Å². The molecule has 1 N–H and O–H groups in total. The quantitative estimate of drug-likeness (QED) is 0.857. The van der Waals surface area contributed by atoms with Crippen molar-refractivity contribution in [2.45, 2.75) is 38.5 Å². The second-order valence-electron chi connectivity index (χ2n) is 7.23. The molecule has 1 aliphatic rings. The zero-order valence-electron chi connectivity index (χ0n) is 14.7. The fourth-order valence-electron chi connectivity index (χ4n) is 2.48. The molecule has 0 saturated carbocycles. The molecule has 0 atom stereocenters. The van der Waals surface area contributed by atoms with Gasteiger partial charge in [-0.2, -0.15) is 0 Å². The molecule has 1 saturated heterocycles. The lowest BCUT2D eigenvalue weighted by molar-refractivity contribution is -0.121. The monoisotopic (exact) mass is 368 g/mol. The van der Waals surface area contributed by atoms with Gasteiger partial charge in [0.2, 0.25) is 15.9 Å². The van der Waals surface area contributed by atoms with Crippen molar-refractivity contribution in [3.63, 3.8) is 0 Å². The number of sulfonamides is 1. The Labute approximate surface area is 148 Å². The summed E-state index contributed by atoms with van der Waals surface area (Å²) >= 11 is 0. The lowest BCUT2D eigenvalue weighted by Crippen LogP contribution is -2.52. The number of ether oxygens (including phenoxy) is 1. The molecule has 0 unspecified atom stereocenters. The number of nitrogens with zero attached hydrogens (tertiary/aromatic N) is 1. The van der Waals surface area contributed by atoms with E-state index >= 15 is 0 Å². The van der Waals surface area contributed by atoms with E-state index in [2.05, 4.69) is 4.72 Å². The minimum absolute atomic E-state index is 0.0561. The van der Waals surface area contributed by atoms with Gasteiger partial charge in [0.15, 0.2) is 0 Å². The summed E-state index contributed by atoms with van der Waals surface area (Å²) in [6.07, 6.45) is -0.353. The number of amides is 2. The largest absolute Gasteiger partial charge is 0.444 e. The van der Waals surface area contributed by atoms with Gasteiger partial charge in [-0.15, -0.1) is 0 Å².